The molecule has 0 saturated carbocycles. The minimum absolute atomic E-state index is 1.03. The first-order chi connectivity index (χ1) is 4.83. The van der Waals surface area contributed by atoms with Crippen LogP contribution < -0.4 is 0 Å². The lowest BCUT2D eigenvalue weighted by Crippen LogP contribution is -1.84. The lowest BCUT2D eigenvalue weighted by molar-refractivity contribution is 0.766. The van der Waals surface area contributed by atoms with E-state index in [4.69, 9.17) is 0 Å². The molecule has 2 nitrogen and oxygen atoms in total. The summed E-state index contributed by atoms with van der Waals surface area (Å²) in [5, 5.41) is 5.08. The van der Waals surface area contributed by atoms with Crippen molar-refractivity contribution in [3.8, 4) is 0 Å². The number of hydrogen-bond acceptors (Lipinski definition) is 2. The zero-order chi connectivity index (χ0) is 7.40. The van der Waals surface area contributed by atoms with E-state index < -0.39 is 0 Å². The SMILES string of the molecule is Cn1cc(SCCBr)cn1. The molecule has 0 radical (unpaired) electrons. The largest absolute Gasteiger partial charge is 0.275 e. The van der Waals surface area contributed by atoms with Crippen LogP contribution >= 0.6 is 27.7 Å². The molecule has 4 heteroatoms. The van der Waals surface area contributed by atoms with Crippen molar-refractivity contribution in [1.82, 2.24) is 9.78 Å². The summed E-state index contributed by atoms with van der Waals surface area (Å²) < 4.78 is 1.82. The normalized spacial score (nSPS) is 10.2. The predicted octanol–water partition coefficient (Wildman–Crippen LogP) is 1.91. The molecule has 0 aliphatic carbocycles. The molecular weight excluding hydrogens is 212 g/mol. The van der Waals surface area contributed by atoms with Gasteiger partial charge in [0.25, 0.3) is 0 Å². The second-order valence-electron chi connectivity index (χ2n) is 1.89. The summed E-state index contributed by atoms with van der Waals surface area (Å²) in [5.74, 6) is 1.10. The molecule has 1 rings (SSSR count). The van der Waals surface area contributed by atoms with Crippen molar-refractivity contribution in [2.75, 3.05) is 11.1 Å². The zero-order valence-electron chi connectivity index (χ0n) is 5.75. The Labute approximate surface area is 73.1 Å². The van der Waals surface area contributed by atoms with Gasteiger partial charge in [0, 0.05) is 29.2 Å². The Bertz CT molecular complexity index is 199. The first-order valence-electron chi connectivity index (χ1n) is 3.00. The molecule has 0 fully saturated rings. The Kier molecular flexibility index (Phi) is 3.28. The van der Waals surface area contributed by atoms with Gasteiger partial charge < -0.3 is 0 Å². The van der Waals surface area contributed by atoms with Gasteiger partial charge in [0.05, 0.1) is 6.20 Å². The van der Waals surface area contributed by atoms with Gasteiger partial charge in [0.15, 0.2) is 0 Å². The van der Waals surface area contributed by atoms with Crippen molar-refractivity contribution in [2.24, 2.45) is 7.05 Å². The van der Waals surface area contributed by atoms with Gasteiger partial charge in [-0.05, 0) is 0 Å². The molecule has 0 bridgehead atoms. The van der Waals surface area contributed by atoms with E-state index >= 15 is 0 Å². The molecule has 0 aromatic carbocycles. The average Bonchev–Trinajstić information content (AvgIpc) is 2.31. The van der Waals surface area contributed by atoms with E-state index in [2.05, 4.69) is 21.0 Å². The summed E-state index contributed by atoms with van der Waals surface area (Å²) in [4.78, 5) is 1.24. The van der Waals surface area contributed by atoms with Crippen LogP contribution in [0, 0.1) is 0 Å². The quantitative estimate of drug-likeness (QED) is 0.573. The third-order valence-electron chi connectivity index (χ3n) is 1.03. The van der Waals surface area contributed by atoms with Crippen LogP contribution in [0.5, 0.6) is 0 Å². The molecule has 0 N–H and O–H groups in total. The fraction of sp³-hybridized carbons (Fsp3) is 0.500. The van der Waals surface area contributed by atoms with Gasteiger partial charge in [-0.25, -0.2) is 0 Å². The molecule has 0 spiro atoms. The van der Waals surface area contributed by atoms with Gasteiger partial charge in [-0.15, -0.1) is 11.8 Å². The van der Waals surface area contributed by atoms with E-state index in [1.54, 1.807) is 0 Å². The highest BCUT2D eigenvalue weighted by molar-refractivity contribution is 9.09. The van der Waals surface area contributed by atoms with Crippen molar-refractivity contribution in [2.45, 2.75) is 4.90 Å². The summed E-state index contributed by atoms with van der Waals surface area (Å²) in [6, 6.07) is 0. The van der Waals surface area contributed by atoms with Gasteiger partial charge in [-0.2, -0.15) is 5.10 Å². The van der Waals surface area contributed by atoms with Crippen molar-refractivity contribution < 1.29 is 0 Å². The summed E-state index contributed by atoms with van der Waals surface area (Å²) in [6.45, 7) is 0. The number of thioether (sulfide) groups is 1. The van der Waals surface area contributed by atoms with Crippen LogP contribution in [0.15, 0.2) is 17.3 Å². The maximum absolute atomic E-state index is 4.05. The molecule has 1 aromatic rings. The number of aryl methyl sites for hydroxylation is 1. The van der Waals surface area contributed by atoms with Crippen LogP contribution in [0.25, 0.3) is 0 Å². The molecule has 0 saturated heterocycles. The first kappa shape index (κ1) is 8.14. The highest BCUT2D eigenvalue weighted by Crippen LogP contribution is 2.15. The molecule has 0 aliphatic heterocycles. The second kappa shape index (κ2) is 4.03. The van der Waals surface area contributed by atoms with E-state index in [1.807, 2.05) is 35.9 Å². The lowest BCUT2D eigenvalue weighted by atomic mass is 10.7. The molecule has 0 unspecified atom stereocenters. The molecule has 10 heavy (non-hydrogen) atoms. The second-order valence-corrected chi connectivity index (χ2v) is 3.85. The van der Waals surface area contributed by atoms with Gasteiger partial charge in [0.2, 0.25) is 0 Å². The lowest BCUT2D eigenvalue weighted by Gasteiger charge is -1.89. The Morgan fingerprint density at radius 2 is 2.60 bits per heavy atom. The van der Waals surface area contributed by atoms with Gasteiger partial charge in [-0.3, -0.25) is 4.68 Å². The molecule has 0 aliphatic rings. The highest BCUT2D eigenvalue weighted by atomic mass is 79.9. The molecular formula is C6H9BrN2S. The standard InChI is InChI=1S/C6H9BrN2S/c1-9-5-6(4-8-9)10-3-2-7/h4-5H,2-3H2,1H3. The van der Waals surface area contributed by atoms with Crippen LogP contribution in [0.3, 0.4) is 0 Å². The molecule has 1 heterocycles. The predicted molar refractivity (Wildman–Crippen MR) is 47.7 cm³/mol. The third kappa shape index (κ3) is 2.34. The topological polar surface area (TPSA) is 17.8 Å². The van der Waals surface area contributed by atoms with Crippen LogP contribution in [0.1, 0.15) is 0 Å². The highest BCUT2D eigenvalue weighted by Gasteiger charge is 1.93. The number of hydrogen-bond donors (Lipinski definition) is 0. The van der Waals surface area contributed by atoms with Crippen LogP contribution in [0.2, 0.25) is 0 Å². The van der Waals surface area contributed by atoms with E-state index in [9.17, 15) is 0 Å². The maximum atomic E-state index is 4.05. The van der Waals surface area contributed by atoms with Gasteiger partial charge in [0.1, 0.15) is 0 Å². The Hall–Kier alpha value is 0.0400. The number of halogens is 1. The van der Waals surface area contributed by atoms with Crippen LogP contribution in [0.4, 0.5) is 0 Å². The first-order valence-corrected chi connectivity index (χ1v) is 5.11. The third-order valence-corrected chi connectivity index (χ3v) is 2.90. The van der Waals surface area contributed by atoms with Crippen LogP contribution in [-0.4, -0.2) is 20.9 Å². The van der Waals surface area contributed by atoms with Crippen molar-refractivity contribution in [3.63, 3.8) is 0 Å². The van der Waals surface area contributed by atoms with Crippen molar-refractivity contribution in [3.05, 3.63) is 12.4 Å². The monoisotopic (exact) mass is 220 g/mol. The number of alkyl halides is 1. The number of nitrogens with zero attached hydrogens (tertiary/aromatic N) is 2. The molecule has 0 amide bonds. The van der Waals surface area contributed by atoms with Gasteiger partial charge in [-0.1, -0.05) is 15.9 Å². The number of aromatic nitrogens is 2. The average molecular weight is 221 g/mol. The molecule has 56 valence electrons. The molecule has 0 atom stereocenters. The maximum Gasteiger partial charge on any atom is 0.0625 e. The summed E-state index contributed by atoms with van der Waals surface area (Å²) in [6.07, 6.45) is 3.90. The van der Waals surface area contributed by atoms with E-state index in [1.165, 1.54) is 4.90 Å². The van der Waals surface area contributed by atoms with E-state index in [0.717, 1.165) is 11.1 Å². The summed E-state index contributed by atoms with van der Waals surface area (Å²) in [7, 11) is 1.93. The fourth-order valence-corrected chi connectivity index (χ4v) is 1.78. The zero-order valence-corrected chi connectivity index (χ0v) is 8.15. The Morgan fingerprint density at radius 1 is 1.80 bits per heavy atom. The number of rotatable bonds is 3. The molecule has 1 aromatic heterocycles. The minimum atomic E-state index is 1.03. The van der Waals surface area contributed by atoms with Crippen LogP contribution in [-0.2, 0) is 7.05 Å². The Morgan fingerprint density at radius 3 is 3.10 bits per heavy atom. The summed E-state index contributed by atoms with van der Waals surface area (Å²) in [5.41, 5.74) is 0. The smallest absolute Gasteiger partial charge is 0.0625 e. The fourth-order valence-electron chi connectivity index (χ4n) is 0.630. The Balaban J connectivity index is 2.42. The minimum Gasteiger partial charge on any atom is -0.275 e. The van der Waals surface area contributed by atoms with E-state index in [0.29, 0.717) is 0 Å². The van der Waals surface area contributed by atoms with Crippen molar-refractivity contribution >= 4 is 27.7 Å². The van der Waals surface area contributed by atoms with Crippen molar-refractivity contribution in [1.29, 1.82) is 0 Å². The van der Waals surface area contributed by atoms with Gasteiger partial charge >= 0.3 is 0 Å². The van der Waals surface area contributed by atoms with E-state index in [-0.39, 0.29) is 0 Å². The summed E-state index contributed by atoms with van der Waals surface area (Å²) >= 11 is 5.18.